The fourth-order valence-electron chi connectivity index (χ4n) is 2.56. The molecule has 4 nitrogen and oxygen atoms in total. The highest BCUT2D eigenvalue weighted by atomic mass is 35.5. The molecule has 0 aromatic heterocycles. The second kappa shape index (κ2) is 10.7. The number of rotatable bonds is 6. The second-order valence-corrected chi connectivity index (χ2v) is 5.70. The Kier molecular flexibility index (Phi) is 11.9. The molecule has 1 fully saturated rings. The summed E-state index contributed by atoms with van der Waals surface area (Å²) in [5, 5.41) is 6.49. The highest BCUT2D eigenvalue weighted by Crippen LogP contribution is 2.25. The van der Waals surface area contributed by atoms with E-state index >= 15 is 0 Å². The molecule has 0 aromatic carbocycles. The van der Waals surface area contributed by atoms with Crippen LogP contribution in [0.1, 0.15) is 40.5 Å². The van der Waals surface area contributed by atoms with E-state index in [-0.39, 0.29) is 42.2 Å². The summed E-state index contributed by atoms with van der Waals surface area (Å²) in [6.07, 6.45) is 2.08. The van der Waals surface area contributed by atoms with Gasteiger partial charge in [0.05, 0.1) is 5.41 Å². The van der Waals surface area contributed by atoms with Crippen LogP contribution in [0.3, 0.4) is 0 Å². The standard InChI is InChI=1S/C14H29N3O.2ClH/c1-5-17(6-2)10-12(3)16-13(18)14(4)8-7-9-15-11-14;;/h12,15H,5-11H2,1-4H3,(H,16,18);2*1H. The van der Waals surface area contributed by atoms with Crippen molar-refractivity contribution in [1.82, 2.24) is 15.5 Å². The first kappa shape index (κ1) is 22.3. The summed E-state index contributed by atoms with van der Waals surface area (Å²) in [5.41, 5.74) is -0.226. The first-order valence-corrected chi connectivity index (χ1v) is 7.26. The van der Waals surface area contributed by atoms with E-state index in [1.54, 1.807) is 0 Å². The molecule has 20 heavy (non-hydrogen) atoms. The number of nitrogens with one attached hydrogen (secondary N) is 2. The fourth-order valence-corrected chi connectivity index (χ4v) is 2.56. The maximum atomic E-state index is 12.3. The molecule has 1 aliphatic heterocycles. The van der Waals surface area contributed by atoms with Gasteiger partial charge in [0.1, 0.15) is 0 Å². The summed E-state index contributed by atoms with van der Waals surface area (Å²) in [6, 6.07) is 0.219. The quantitative estimate of drug-likeness (QED) is 0.784. The van der Waals surface area contributed by atoms with Crippen LogP contribution in [0.5, 0.6) is 0 Å². The van der Waals surface area contributed by atoms with E-state index in [0.717, 1.165) is 45.6 Å². The van der Waals surface area contributed by atoms with Crippen molar-refractivity contribution in [2.24, 2.45) is 5.41 Å². The lowest BCUT2D eigenvalue weighted by atomic mass is 9.82. The van der Waals surface area contributed by atoms with Crippen molar-refractivity contribution >= 4 is 30.7 Å². The monoisotopic (exact) mass is 327 g/mol. The largest absolute Gasteiger partial charge is 0.352 e. The van der Waals surface area contributed by atoms with E-state index in [2.05, 4.69) is 43.2 Å². The Morgan fingerprint density at radius 3 is 2.40 bits per heavy atom. The highest BCUT2D eigenvalue weighted by Gasteiger charge is 2.35. The van der Waals surface area contributed by atoms with Crippen LogP contribution in [0.15, 0.2) is 0 Å². The summed E-state index contributed by atoms with van der Waals surface area (Å²) in [5.74, 6) is 0.203. The number of hydrogen-bond donors (Lipinski definition) is 2. The molecule has 0 bridgehead atoms. The molecule has 2 atom stereocenters. The van der Waals surface area contributed by atoms with E-state index in [1.165, 1.54) is 0 Å². The molecule has 0 saturated carbocycles. The third-order valence-electron chi connectivity index (χ3n) is 3.95. The zero-order valence-corrected chi connectivity index (χ0v) is 14.8. The van der Waals surface area contributed by atoms with Gasteiger partial charge in [-0.2, -0.15) is 0 Å². The minimum Gasteiger partial charge on any atom is -0.352 e. The van der Waals surface area contributed by atoms with Gasteiger partial charge in [-0.15, -0.1) is 24.8 Å². The molecule has 0 aromatic rings. The van der Waals surface area contributed by atoms with Crippen LogP contribution in [0.4, 0.5) is 0 Å². The van der Waals surface area contributed by atoms with Gasteiger partial charge in [0, 0.05) is 19.1 Å². The van der Waals surface area contributed by atoms with Crippen molar-refractivity contribution in [3.8, 4) is 0 Å². The third kappa shape index (κ3) is 6.61. The molecule has 1 rings (SSSR count). The molecule has 2 unspecified atom stereocenters. The predicted octanol–water partition coefficient (Wildman–Crippen LogP) is 2.07. The number of piperidine rings is 1. The fraction of sp³-hybridized carbons (Fsp3) is 0.929. The molecule has 1 aliphatic rings. The first-order valence-electron chi connectivity index (χ1n) is 7.26. The van der Waals surface area contributed by atoms with Crippen LogP contribution in [0, 0.1) is 5.41 Å². The third-order valence-corrected chi connectivity index (χ3v) is 3.95. The lowest BCUT2D eigenvalue weighted by Crippen LogP contribution is -2.52. The second-order valence-electron chi connectivity index (χ2n) is 5.70. The van der Waals surface area contributed by atoms with Crippen molar-refractivity contribution in [3.63, 3.8) is 0 Å². The maximum Gasteiger partial charge on any atom is 0.227 e. The Bertz CT molecular complexity index is 267. The molecule has 2 N–H and O–H groups in total. The van der Waals surface area contributed by atoms with Gasteiger partial charge >= 0.3 is 0 Å². The number of halogens is 2. The summed E-state index contributed by atoms with van der Waals surface area (Å²) >= 11 is 0. The SMILES string of the molecule is CCN(CC)CC(C)NC(=O)C1(C)CCCNC1.Cl.Cl. The maximum absolute atomic E-state index is 12.3. The van der Waals surface area contributed by atoms with Crippen LogP contribution in [0.2, 0.25) is 0 Å². The van der Waals surface area contributed by atoms with Crippen molar-refractivity contribution < 1.29 is 4.79 Å². The van der Waals surface area contributed by atoms with Gasteiger partial charge in [-0.25, -0.2) is 0 Å². The number of nitrogens with zero attached hydrogens (tertiary/aromatic N) is 1. The van der Waals surface area contributed by atoms with E-state index in [4.69, 9.17) is 0 Å². The van der Waals surface area contributed by atoms with Crippen molar-refractivity contribution in [3.05, 3.63) is 0 Å². The Balaban J connectivity index is 0. The van der Waals surface area contributed by atoms with Crippen LogP contribution in [0.25, 0.3) is 0 Å². The van der Waals surface area contributed by atoms with Crippen LogP contribution < -0.4 is 10.6 Å². The zero-order chi connectivity index (χ0) is 13.6. The average Bonchev–Trinajstić information content (AvgIpc) is 2.36. The Hall–Kier alpha value is -0.0300. The normalized spacial score (nSPS) is 23.4. The number of carbonyl (C=O) groups excluding carboxylic acids is 1. The minimum atomic E-state index is -0.226. The minimum absolute atomic E-state index is 0. The van der Waals surface area contributed by atoms with Crippen molar-refractivity contribution in [1.29, 1.82) is 0 Å². The summed E-state index contributed by atoms with van der Waals surface area (Å²) < 4.78 is 0. The summed E-state index contributed by atoms with van der Waals surface area (Å²) in [7, 11) is 0. The Morgan fingerprint density at radius 1 is 1.35 bits per heavy atom. The van der Waals surface area contributed by atoms with Gasteiger partial charge < -0.3 is 15.5 Å². The smallest absolute Gasteiger partial charge is 0.227 e. The topological polar surface area (TPSA) is 44.4 Å². The molecule has 6 heteroatoms. The predicted molar refractivity (Wildman–Crippen MR) is 90.1 cm³/mol. The highest BCUT2D eigenvalue weighted by molar-refractivity contribution is 5.85. The molecule has 1 amide bonds. The molecule has 0 aliphatic carbocycles. The average molecular weight is 328 g/mol. The summed E-state index contributed by atoms with van der Waals surface area (Å²) in [6.45, 7) is 13.3. The van der Waals surface area contributed by atoms with E-state index < -0.39 is 0 Å². The van der Waals surface area contributed by atoms with Crippen molar-refractivity contribution in [2.75, 3.05) is 32.7 Å². The van der Waals surface area contributed by atoms with Gasteiger partial charge in [0.15, 0.2) is 0 Å². The van der Waals surface area contributed by atoms with E-state index in [0.29, 0.717) is 0 Å². The van der Waals surface area contributed by atoms with Gasteiger partial charge in [-0.05, 0) is 46.3 Å². The number of carbonyl (C=O) groups is 1. The van der Waals surface area contributed by atoms with E-state index in [9.17, 15) is 4.79 Å². The molecule has 0 spiro atoms. The van der Waals surface area contributed by atoms with Gasteiger partial charge in [-0.3, -0.25) is 4.79 Å². The number of amides is 1. The number of likely N-dealkylation sites (N-methyl/N-ethyl adjacent to an activating group) is 1. The van der Waals surface area contributed by atoms with Crippen LogP contribution >= 0.6 is 24.8 Å². The summed E-state index contributed by atoms with van der Waals surface area (Å²) in [4.78, 5) is 14.7. The molecule has 1 saturated heterocycles. The van der Waals surface area contributed by atoms with Gasteiger partial charge in [0.2, 0.25) is 5.91 Å². The number of hydrogen-bond acceptors (Lipinski definition) is 3. The molecular formula is C14H31Cl2N3O. The Labute approximate surface area is 136 Å². The van der Waals surface area contributed by atoms with Crippen molar-refractivity contribution in [2.45, 2.75) is 46.6 Å². The molecule has 0 radical (unpaired) electrons. The van der Waals surface area contributed by atoms with E-state index in [1.807, 2.05) is 0 Å². The molecular weight excluding hydrogens is 297 g/mol. The lowest BCUT2D eigenvalue weighted by Gasteiger charge is -2.34. The molecule has 122 valence electrons. The lowest BCUT2D eigenvalue weighted by molar-refractivity contribution is -0.131. The van der Waals surface area contributed by atoms with Crippen LogP contribution in [-0.4, -0.2) is 49.6 Å². The van der Waals surface area contributed by atoms with Crippen LogP contribution in [-0.2, 0) is 4.79 Å². The van der Waals surface area contributed by atoms with Gasteiger partial charge in [0.25, 0.3) is 0 Å². The van der Waals surface area contributed by atoms with Gasteiger partial charge in [-0.1, -0.05) is 13.8 Å². The zero-order valence-electron chi connectivity index (χ0n) is 13.2. The first-order chi connectivity index (χ1) is 8.51. The molecule has 1 heterocycles. The Morgan fingerprint density at radius 2 is 1.95 bits per heavy atom.